The molecule has 2 fully saturated rings. The second-order valence-electron chi connectivity index (χ2n) is 8.89. The minimum Gasteiger partial charge on any atom is -0.366 e. The molecule has 2 aromatic heterocycles. The first-order valence-corrected chi connectivity index (χ1v) is 12.5. The Morgan fingerprint density at radius 2 is 1.85 bits per heavy atom. The second kappa shape index (κ2) is 9.58. The lowest BCUT2D eigenvalue weighted by molar-refractivity contribution is -0.137. The number of likely N-dealkylation sites (tertiary alicyclic amines) is 1. The molecular weight excluding hydrogens is 461 g/mol. The van der Waals surface area contributed by atoms with Crippen molar-refractivity contribution in [3.05, 3.63) is 54.4 Å². The van der Waals surface area contributed by atoms with Gasteiger partial charge in [0, 0.05) is 62.1 Å². The molecule has 5 rings (SSSR count). The molecule has 1 unspecified atom stereocenters. The second-order valence-corrected chi connectivity index (χ2v) is 9.95. The average Bonchev–Trinajstić information content (AvgIpc) is 3.51. The first kappa shape index (κ1) is 23.2. The maximum Gasteiger partial charge on any atom is 0.418 e. The van der Waals surface area contributed by atoms with Gasteiger partial charge in [0.1, 0.15) is 0 Å². The van der Waals surface area contributed by atoms with Crippen LogP contribution in [0.2, 0.25) is 0 Å². The Balaban J connectivity index is 1.15. The van der Waals surface area contributed by atoms with Crippen LogP contribution in [0, 0.1) is 5.92 Å². The lowest BCUT2D eigenvalue weighted by Gasteiger charge is -2.29. The summed E-state index contributed by atoms with van der Waals surface area (Å²) in [7, 11) is 1.97. The molecule has 2 saturated heterocycles. The van der Waals surface area contributed by atoms with E-state index in [2.05, 4.69) is 20.1 Å². The van der Waals surface area contributed by atoms with Gasteiger partial charge in [-0.25, -0.2) is 0 Å². The summed E-state index contributed by atoms with van der Waals surface area (Å²) in [5.74, 6) is 2.15. The lowest BCUT2D eigenvalue weighted by atomic mass is 10.0. The van der Waals surface area contributed by atoms with Gasteiger partial charge < -0.3 is 14.4 Å². The summed E-state index contributed by atoms with van der Waals surface area (Å²) in [6.45, 7) is 3.40. The number of hydrogen-bond donors (Lipinski definition) is 0. The molecule has 2 atom stereocenters. The van der Waals surface area contributed by atoms with E-state index >= 15 is 0 Å². The van der Waals surface area contributed by atoms with Crippen LogP contribution in [0.5, 0.6) is 0 Å². The molecule has 0 bridgehead atoms. The Kier molecular flexibility index (Phi) is 6.52. The molecule has 1 aromatic carbocycles. The minimum atomic E-state index is -4.33. The number of nitrogens with zero attached hydrogens (tertiary/aromatic N) is 6. The van der Waals surface area contributed by atoms with Gasteiger partial charge in [0.2, 0.25) is 0 Å². The van der Waals surface area contributed by atoms with Crippen molar-refractivity contribution >= 4 is 17.4 Å². The van der Waals surface area contributed by atoms with Crippen molar-refractivity contribution in [2.24, 2.45) is 13.0 Å². The fourth-order valence-electron chi connectivity index (χ4n) is 5.14. The van der Waals surface area contributed by atoms with Crippen molar-refractivity contribution in [2.75, 3.05) is 36.8 Å². The van der Waals surface area contributed by atoms with E-state index in [1.54, 1.807) is 36.3 Å². The third-order valence-electron chi connectivity index (χ3n) is 6.77. The zero-order valence-corrected chi connectivity index (χ0v) is 19.8. The SMILES string of the molecule is Cn1c(SCCCN2CC3CCN(c4ccccc4C(F)(F)F)[C@@H]3C2)nnc1-c1ccncc1. The first-order valence-electron chi connectivity index (χ1n) is 11.5. The van der Waals surface area contributed by atoms with E-state index < -0.39 is 11.7 Å². The number of hydrogen-bond acceptors (Lipinski definition) is 6. The van der Waals surface area contributed by atoms with Crippen LogP contribution in [-0.2, 0) is 13.2 Å². The van der Waals surface area contributed by atoms with Crippen LogP contribution in [0.4, 0.5) is 18.9 Å². The van der Waals surface area contributed by atoms with Crippen molar-refractivity contribution in [2.45, 2.75) is 30.2 Å². The van der Waals surface area contributed by atoms with Gasteiger partial charge in [-0.1, -0.05) is 23.9 Å². The Morgan fingerprint density at radius 3 is 2.65 bits per heavy atom. The molecule has 2 aliphatic heterocycles. The van der Waals surface area contributed by atoms with Crippen molar-refractivity contribution in [1.82, 2.24) is 24.6 Å². The standard InChI is InChI=1S/C24H27F3N6S/c1-31-22(17-7-10-28-11-8-17)29-30-23(31)34-14-4-12-32-15-18-9-13-33(21(18)16-32)20-6-3-2-5-19(20)24(25,26)27/h2-3,5-8,10-11,18,21H,4,9,12-16H2,1H3/t18?,21-/m1/s1. The van der Waals surface area contributed by atoms with E-state index in [9.17, 15) is 13.2 Å². The fraction of sp³-hybridized carbons (Fsp3) is 0.458. The molecule has 10 heteroatoms. The number of benzene rings is 1. The number of pyridine rings is 1. The first-order chi connectivity index (χ1) is 16.4. The van der Waals surface area contributed by atoms with Gasteiger partial charge >= 0.3 is 6.18 Å². The van der Waals surface area contributed by atoms with E-state index in [4.69, 9.17) is 0 Å². The quantitative estimate of drug-likeness (QED) is 0.358. The number of thioether (sulfide) groups is 1. The number of aromatic nitrogens is 4. The summed E-state index contributed by atoms with van der Waals surface area (Å²) >= 11 is 1.68. The maximum atomic E-state index is 13.5. The molecule has 2 aliphatic rings. The van der Waals surface area contributed by atoms with Crippen LogP contribution in [-0.4, -0.2) is 62.6 Å². The van der Waals surface area contributed by atoms with Crippen molar-refractivity contribution in [1.29, 1.82) is 0 Å². The molecule has 4 heterocycles. The highest BCUT2D eigenvalue weighted by Crippen LogP contribution is 2.41. The van der Waals surface area contributed by atoms with Crippen LogP contribution in [0.15, 0.2) is 53.9 Å². The molecule has 180 valence electrons. The summed E-state index contributed by atoms with van der Waals surface area (Å²) in [4.78, 5) is 8.43. The Morgan fingerprint density at radius 1 is 1.06 bits per heavy atom. The molecule has 34 heavy (non-hydrogen) atoms. The van der Waals surface area contributed by atoms with E-state index in [1.807, 2.05) is 28.6 Å². The normalized spacial score (nSPS) is 20.8. The number of anilines is 1. The highest BCUT2D eigenvalue weighted by atomic mass is 32.2. The van der Waals surface area contributed by atoms with Crippen molar-refractivity contribution in [3.63, 3.8) is 0 Å². The Bertz CT molecular complexity index is 1120. The van der Waals surface area contributed by atoms with Crippen LogP contribution in [0.25, 0.3) is 11.4 Å². The van der Waals surface area contributed by atoms with Crippen LogP contribution in [0.1, 0.15) is 18.4 Å². The Labute approximate surface area is 201 Å². The minimum absolute atomic E-state index is 0.151. The number of para-hydroxylation sites is 1. The molecule has 0 spiro atoms. The smallest absolute Gasteiger partial charge is 0.366 e. The van der Waals surface area contributed by atoms with Gasteiger partial charge in [-0.15, -0.1) is 10.2 Å². The molecule has 3 aromatic rings. The van der Waals surface area contributed by atoms with Crippen LogP contribution < -0.4 is 4.90 Å². The molecule has 0 N–H and O–H groups in total. The highest BCUT2D eigenvalue weighted by Gasteiger charge is 2.44. The van der Waals surface area contributed by atoms with E-state index in [-0.39, 0.29) is 6.04 Å². The summed E-state index contributed by atoms with van der Waals surface area (Å²) in [6, 6.07) is 9.96. The number of fused-ring (bicyclic) bond motifs is 1. The van der Waals surface area contributed by atoms with Gasteiger partial charge in [-0.3, -0.25) is 4.98 Å². The molecule has 6 nitrogen and oxygen atoms in total. The highest BCUT2D eigenvalue weighted by molar-refractivity contribution is 7.99. The maximum absolute atomic E-state index is 13.5. The summed E-state index contributed by atoms with van der Waals surface area (Å²) < 4.78 is 42.6. The monoisotopic (exact) mass is 488 g/mol. The molecular formula is C24H27F3N6S. The van der Waals surface area contributed by atoms with E-state index in [1.165, 1.54) is 12.1 Å². The number of halogens is 3. The summed E-state index contributed by atoms with van der Waals surface area (Å²) in [6.07, 6.45) is 1.08. The summed E-state index contributed by atoms with van der Waals surface area (Å²) in [5.41, 5.74) is 0.782. The van der Waals surface area contributed by atoms with Gasteiger partial charge in [-0.05, 0) is 49.6 Å². The van der Waals surface area contributed by atoms with Gasteiger partial charge in [-0.2, -0.15) is 13.2 Å². The Hall–Kier alpha value is -2.59. The predicted octanol–water partition coefficient (Wildman–Crippen LogP) is 4.59. The average molecular weight is 489 g/mol. The molecule has 0 amide bonds. The molecule has 0 radical (unpaired) electrons. The van der Waals surface area contributed by atoms with Crippen LogP contribution in [0.3, 0.4) is 0 Å². The third kappa shape index (κ3) is 4.65. The third-order valence-corrected chi connectivity index (χ3v) is 7.87. The van der Waals surface area contributed by atoms with E-state index in [0.29, 0.717) is 18.2 Å². The fourth-order valence-corrected chi connectivity index (χ4v) is 5.97. The van der Waals surface area contributed by atoms with Crippen LogP contribution >= 0.6 is 11.8 Å². The lowest BCUT2D eigenvalue weighted by Crippen LogP contribution is -2.36. The largest absolute Gasteiger partial charge is 0.418 e. The number of rotatable bonds is 7. The predicted molar refractivity (Wildman–Crippen MR) is 127 cm³/mol. The summed E-state index contributed by atoms with van der Waals surface area (Å²) in [5, 5.41) is 9.51. The van der Waals surface area contributed by atoms with Crippen molar-refractivity contribution in [3.8, 4) is 11.4 Å². The van der Waals surface area contributed by atoms with E-state index in [0.717, 1.165) is 54.8 Å². The van der Waals surface area contributed by atoms with Gasteiger partial charge in [0.25, 0.3) is 0 Å². The van der Waals surface area contributed by atoms with Gasteiger partial charge in [0.05, 0.1) is 5.56 Å². The molecule has 0 saturated carbocycles. The van der Waals surface area contributed by atoms with Crippen molar-refractivity contribution < 1.29 is 13.2 Å². The zero-order chi connectivity index (χ0) is 23.7. The topological polar surface area (TPSA) is 50.1 Å². The zero-order valence-electron chi connectivity index (χ0n) is 18.9. The number of alkyl halides is 3. The van der Waals surface area contributed by atoms with Gasteiger partial charge in [0.15, 0.2) is 11.0 Å². The molecule has 0 aliphatic carbocycles.